The Hall–Kier alpha value is -2.89. The maximum absolute atomic E-state index is 12.1. The van der Waals surface area contributed by atoms with Crippen molar-refractivity contribution < 1.29 is 23.8 Å². The summed E-state index contributed by atoms with van der Waals surface area (Å²) < 4.78 is 17.5. The van der Waals surface area contributed by atoms with Gasteiger partial charge in [0.15, 0.2) is 10.7 Å². The van der Waals surface area contributed by atoms with E-state index in [0.29, 0.717) is 43.0 Å². The summed E-state index contributed by atoms with van der Waals surface area (Å²) in [6, 6.07) is 5.40. The van der Waals surface area contributed by atoms with Gasteiger partial charge in [0.1, 0.15) is 11.3 Å². The van der Waals surface area contributed by atoms with Gasteiger partial charge in [-0.05, 0) is 26.0 Å². The lowest BCUT2D eigenvalue weighted by atomic mass is 9.97. The van der Waals surface area contributed by atoms with E-state index < -0.39 is 6.03 Å². The number of carbonyl (C=O) groups is 1. The van der Waals surface area contributed by atoms with E-state index in [-0.39, 0.29) is 24.7 Å². The smallest absolute Gasteiger partial charge is 0.321 e. The number of thiazole rings is 1. The minimum absolute atomic E-state index is 0.0406. The summed E-state index contributed by atoms with van der Waals surface area (Å²) in [6.07, 6.45) is 0.668. The first-order chi connectivity index (χ1) is 15.6. The van der Waals surface area contributed by atoms with Gasteiger partial charge < -0.3 is 29.2 Å². The molecule has 0 unspecified atom stereocenters. The number of aliphatic hydroxyl groups is 1. The summed E-state index contributed by atoms with van der Waals surface area (Å²) >= 11 is 1.42. The molecule has 0 spiro atoms. The number of hydrogen-bond acceptors (Lipinski definition) is 9. The fourth-order valence-electron chi connectivity index (χ4n) is 4.09. The van der Waals surface area contributed by atoms with Gasteiger partial charge in [0.05, 0.1) is 55.1 Å². The minimum Gasteiger partial charge on any atom is -0.494 e. The van der Waals surface area contributed by atoms with Crippen LogP contribution in [0.25, 0.3) is 11.1 Å². The molecule has 5 rings (SSSR count). The van der Waals surface area contributed by atoms with Crippen LogP contribution in [0.1, 0.15) is 30.5 Å². The average molecular weight is 460 g/mol. The van der Waals surface area contributed by atoms with Crippen molar-refractivity contribution in [1.82, 2.24) is 15.3 Å². The van der Waals surface area contributed by atoms with Gasteiger partial charge in [0, 0.05) is 12.5 Å². The fraction of sp³-hybridized carbons (Fsp3) is 0.476. The monoisotopic (exact) mass is 459 g/mol. The SMILES string of the molecule is CCOc1ccc2oc(N3[C@@H]4COC[C@H]3c3sc(NC(=O)N[C@H](C)CO)nc3C4)nc2c1. The van der Waals surface area contributed by atoms with E-state index in [2.05, 4.69) is 20.5 Å². The Morgan fingerprint density at radius 3 is 3.09 bits per heavy atom. The van der Waals surface area contributed by atoms with E-state index in [1.807, 2.05) is 25.1 Å². The maximum Gasteiger partial charge on any atom is 0.321 e. The third-order valence-electron chi connectivity index (χ3n) is 5.53. The third-order valence-corrected chi connectivity index (χ3v) is 6.64. The van der Waals surface area contributed by atoms with Crippen LogP contribution in [0.2, 0.25) is 0 Å². The van der Waals surface area contributed by atoms with Crippen molar-refractivity contribution >= 4 is 39.6 Å². The fourth-order valence-corrected chi connectivity index (χ4v) is 5.16. The molecule has 2 aliphatic rings. The molecule has 2 aliphatic heterocycles. The summed E-state index contributed by atoms with van der Waals surface area (Å²) in [6.45, 7) is 5.16. The third kappa shape index (κ3) is 3.87. The highest BCUT2D eigenvalue weighted by atomic mass is 32.1. The first kappa shape index (κ1) is 21.0. The topological polar surface area (TPSA) is 122 Å². The van der Waals surface area contributed by atoms with Crippen LogP contribution >= 0.6 is 11.3 Å². The van der Waals surface area contributed by atoms with Crippen LogP contribution in [-0.2, 0) is 11.2 Å². The number of fused-ring (bicyclic) bond motifs is 5. The number of rotatable bonds is 6. The van der Waals surface area contributed by atoms with Crippen molar-refractivity contribution in [2.75, 3.05) is 36.6 Å². The predicted molar refractivity (Wildman–Crippen MR) is 120 cm³/mol. The number of benzene rings is 1. The lowest BCUT2D eigenvalue weighted by Gasteiger charge is -2.43. The summed E-state index contributed by atoms with van der Waals surface area (Å²) in [5.74, 6) is 0.760. The van der Waals surface area contributed by atoms with Crippen molar-refractivity contribution in [1.29, 1.82) is 0 Å². The zero-order chi connectivity index (χ0) is 22.2. The maximum atomic E-state index is 12.1. The molecule has 3 atom stereocenters. The second-order valence-corrected chi connectivity index (χ2v) is 8.92. The number of ether oxygens (including phenoxy) is 2. The molecule has 32 heavy (non-hydrogen) atoms. The minimum atomic E-state index is -0.391. The van der Waals surface area contributed by atoms with Crippen LogP contribution in [-0.4, -0.2) is 59.6 Å². The van der Waals surface area contributed by atoms with Gasteiger partial charge in [-0.2, -0.15) is 4.98 Å². The summed E-state index contributed by atoms with van der Waals surface area (Å²) in [4.78, 5) is 24.7. The molecule has 170 valence electrons. The molecule has 2 bridgehead atoms. The lowest BCUT2D eigenvalue weighted by Crippen LogP contribution is -2.51. The van der Waals surface area contributed by atoms with E-state index >= 15 is 0 Å². The molecule has 1 saturated heterocycles. The summed E-state index contributed by atoms with van der Waals surface area (Å²) in [5, 5.41) is 15.1. The van der Waals surface area contributed by atoms with Gasteiger partial charge in [0.2, 0.25) is 0 Å². The molecule has 11 heteroatoms. The molecule has 2 aromatic heterocycles. The van der Waals surface area contributed by atoms with E-state index in [4.69, 9.17) is 24.0 Å². The molecular formula is C21H25N5O5S. The number of morpholine rings is 1. The number of anilines is 2. The summed E-state index contributed by atoms with van der Waals surface area (Å²) in [5.41, 5.74) is 2.41. The van der Waals surface area contributed by atoms with Gasteiger partial charge in [0.25, 0.3) is 6.01 Å². The number of amides is 2. The Kier molecular flexibility index (Phi) is 5.62. The number of nitrogens with zero attached hydrogens (tertiary/aromatic N) is 3. The normalized spacial score (nSPS) is 20.7. The zero-order valence-electron chi connectivity index (χ0n) is 17.8. The molecule has 10 nitrogen and oxygen atoms in total. The number of aliphatic hydroxyl groups excluding tert-OH is 1. The second-order valence-electron chi connectivity index (χ2n) is 7.89. The Labute approximate surface area is 188 Å². The Morgan fingerprint density at radius 2 is 2.28 bits per heavy atom. The number of oxazole rings is 1. The Morgan fingerprint density at radius 1 is 1.41 bits per heavy atom. The van der Waals surface area contributed by atoms with Gasteiger partial charge in [-0.1, -0.05) is 11.3 Å². The average Bonchev–Trinajstić information content (AvgIpc) is 3.36. The highest BCUT2D eigenvalue weighted by Gasteiger charge is 2.42. The van der Waals surface area contributed by atoms with Crippen molar-refractivity contribution in [3.63, 3.8) is 0 Å². The Balaban J connectivity index is 1.42. The van der Waals surface area contributed by atoms with Gasteiger partial charge >= 0.3 is 6.03 Å². The number of carbonyl (C=O) groups excluding carboxylic acids is 1. The largest absolute Gasteiger partial charge is 0.494 e. The van der Waals surface area contributed by atoms with Crippen molar-refractivity contribution in [3.8, 4) is 5.75 Å². The van der Waals surface area contributed by atoms with E-state index in [0.717, 1.165) is 21.8 Å². The number of nitrogens with one attached hydrogen (secondary N) is 2. The molecule has 0 radical (unpaired) electrons. The number of aromatic nitrogens is 2. The molecule has 0 aliphatic carbocycles. The zero-order valence-corrected chi connectivity index (χ0v) is 18.6. The summed E-state index contributed by atoms with van der Waals surface area (Å²) in [7, 11) is 0. The van der Waals surface area contributed by atoms with Crippen molar-refractivity contribution in [2.45, 2.75) is 38.4 Å². The molecule has 1 aromatic carbocycles. The quantitative estimate of drug-likeness (QED) is 0.514. The Bertz CT molecular complexity index is 1130. The van der Waals surface area contributed by atoms with E-state index in [9.17, 15) is 4.79 Å². The number of urea groups is 1. The van der Waals surface area contributed by atoms with Crippen LogP contribution in [0.15, 0.2) is 22.6 Å². The molecule has 3 aromatic rings. The van der Waals surface area contributed by atoms with Crippen LogP contribution < -0.4 is 20.3 Å². The van der Waals surface area contributed by atoms with E-state index in [1.165, 1.54) is 11.3 Å². The molecule has 4 heterocycles. The predicted octanol–water partition coefficient (Wildman–Crippen LogP) is 2.69. The highest BCUT2D eigenvalue weighted by molar-refractivity contribution is 7.16. The van der Waals surface area contributed by atoms with Crippen molar-refractivity contribution in [3.05, 3.63) is 28.8 Å². The highest BCUT2D eigenvalue weighted by Crippen LogP contribution is 2.43. The van der Waals surface area contributed by atoms with Crippen LogP contribution in [0.3, 0.4) is 0 Å². The van der Waals surface area contributed by atoms with E-state index in [1.54, 1.807) is 6.92 Å². The molecular weight excluding hydrogens is 434 g/mol. The molecule has 1 fully saturated rings. The van der Waals surface area contributed by atoms with Crippen molar-refractivity contribution in [2.24, 2.45) is 0 Å². The standard InChI is InChI=1S/C21H25N5O5S/c1-3-30-13-4-5-17-14(7-13)24-21(31-17)26-12-6-15-18(16(26)10-29-9-12)32-20(23-15)25-19(28)22-11(2)8-27/h4-5,7,11-12,16,27H,3,6,8-10H2,1-2H3,(H2,22,23,25,28)/t11-,12+,16+/m1/s1. The van der Waals surface area contributed by atoms with Crippen LogP contribution in [0.4, 0.5) is 15.9 Å². The van der Waals surface area contributed by atoms with Gasteiger partial charge in [-0.25, -0.2) is 9.78 Å². The lowest BCUT2D eigenvalue weighted by molar-refractivity contribution is 0.0579. The number of hydrogen-bond donors (Lipinski definition) is 3. The molecule has 3 N–H and O–H groups in total. The van der Waals surface area contributed by atoms with Gasteiger partial charge in [-0.15, -0.1) is 0 Å². The van der Waals surface area contributed by atoms with Gasteiger partial charge in [-0.3, -0.25) is 5.32 Å². The second kappa shape index (κ2) is 8.57. The molecule has 2 amide bonds. The van der Waals surface area contributed by atoms with Crippen LogP contribution in [0.5, 0.6) is 5.75 Å². The first-order valence-electron chi connectivity index (χ1n) is 10.6. The molecule has 0 saturated carbocycles. The first-order valence-corrected chi connectivity index (χ1v) is 11.4. The van der Waals surface area contributed by atoms with Crippen LogP contribution in [0, 0.1) is 0 Å².